The Morgan fingerprint density at radius 3 is 2.35 bits per heavy atom. The number of rotatable bonds is 1. The van der Waals surface area contributed by atoms with Crippen molar-refractivity contribution in [2.75, 3.05) is 4.90 Å². The first kappa shape index (κ1) is 13.4. The Balaban J connectivity index is 2.05. The average molecular weight is 336 g/mol. The Morgan fingerprint density at radius 2 is 1.70 bits per heavy atom. The van der Waals surface area contributed by atoms with Crippen LogP contribution in [-0.2, 0) is 0 Å². The van der Waals surface area contributed by atoms with Crippen molar-refractivity contribution in [3.63, 3.8) is 0 Å². The van der Waals surface area contributed by atoms with Gasteiger partial charge in [-0.15, -0.1) is 0 Å². The SMILES string of the molecule is NC1=NC2(CCCCC2)N(c2ccc(Br)cc2)C(N)=N1. The first-order chi connectivity index (χ1) is 9.61. The Morgan fingerprint density at radius 1 is 1.05 bits per heavy atom. The van der Waals surface area contributed by atoms with Crippen molar-refractivity contribution in [3.05, 3.63) is 28.7 Å². The summed E-state index contributed by atoms with van der Waals surface area (Å²) < 4.78 is 1.04. The summed E-state index contributed by atoms with van der Waals surface area (Å²) in [6.07, 6.45) is 5.43. The van der Waals surface area contributed by atoms with E-state index < -0.39 is 0 Å². The van der Waals surface area contributed by atoms with Crippen molar-refractivity contribution >= 4 is 33.5 Å². The van der Waals surface area contributed by atoms with Crippen LogP contribution in [0.3, 0.4) is 0 Å². The van der Waals surface area contributed by atoms with Gasteiger partial charge in [0.2, 0.25) is 11.9 Å². The molecule has 0 amide bonds. The highest BCUT2D eigenvalue weighted by Crippen LogP contribution is 2.39. The van der Waals surface area contributed by atoms with E-state index in [0.29, 0.717) is 5.96 Å². The van der Waals surface area contributed by atoms with Crippen molar-refractivity contribution in [3.8, 4) is 0 Å². The molecule has 1 aliphatic heterocycles. The van der Waals surface area contributed by atoms with E-state index in [1.807, 2.05) is 29.2 Å². The molecule has 1 spiro atoms. The molecule has 106 valence electrons. The lowest BCUT2D eigenvalue weighted by Crippen LogP contribution is -2.58. The standard InChI is InChI=1S/C14H18BrN5/c15-10-4-6-11(7-5-10)20-13(17)18-12(16)19-14(20)8-2-1-3-9-14/h4-7H,1-3,8-9H2,(H4,16,17,18,19). The van der Waals surface area contributed by atoms with Gasteiger partial charge in [0.05, 0.1) is 0 Å². The molecule has 1 aromatic rings. The first-order valence-corrected chi connectivity index (χ1v) is 7.65. The zero-order valence-corrected chi connectivity index (χ0v) is 12.8. The van der Waals surface area contributed by atoms with E-state index in [0.717, 1.165) is 35.8 Å². The topological polar surface area (TPSA) is 80.0 Å². The number of halogens is 1. The molecule has 0 unspecified atom stereocenters. The van der Waals surface area contributed by atoms with Crippen molar-refractivity contribution < 1.29 is 0 Å². The fourth-order valence-corrected chi connectivity index (χ4v) is 3.35. The number of hydrogen-bond donors (Lipinski definition) is 2. The summed E-state index contributed by atoms with van der Waals surface area (Å²) >= 11 is 3.45. The molecule has 1 saturated carbocycles. The minimum atomic E-state index is -0.359. The van der Waals surface area contributed by atoms with Crippen molar-refractivity contribution in [1.82, 2.24) is 0 Å². The quantitative estimate of drug-likeness (QED) is 0.827. The molecule has 0 bridgehead atoms. The molecule has 20 heavy (non-hydrogen) atoms. The normalized spacial score (nSPS) is 21.6. The molecule has 0 atom stereocenters. The fraction of sp³-hybridized carbons (Fsp3) is 0.429. The molecular formula is C14H18BrN5. The zero-order valence-electron chi connectivity index (χ0n) is 11.2. The van der Waals surface area contributed by atoms with Crippen LogP contribution in [-0.4, -0.2) is 17.6 Å². The molecule has 1 fully saturated rings. The largest absolute Gasteiger partial charge is 0.369 e. The van der Waals surface area contributed by atoms with Gasteiger partial charge in [-0.3, -0.25) is 4.90 Å². The second-order valence-electron chi connectivity index (χ2n) is 5.29. The highest BCUT2D eigenvalue weighted by molar-refractivity contribution is 9.10. The second-order valence-corrected chi connectivity index (χ2v) is 6.21. The maximum atomic E-state index is 6.15. The van der Waals surface area contributed by atoms with Crippen LogP contribution in [0.25, 0.3) is 0 Å². The Hall–Kier alpha value is -1.56. The molecular weight excluding hydrogens is 318 g/mol. The van der Waals surface area contributed by atoms with Crippen LogP contribution in [0.15, 0.2) is 38.7 Å². The Bertz CT molecular complexity index is 557. The number of anilines is 1. The maximum Gasteiger partial charge on any atom is 0.220 e. The zero-order chi connectivity index (χ0) is 14.2. The third-order valence-corrected chi connectivity index (χ3v) is 4.46. The summed E-state index contributed by atoms with van der Waals surface area (Å²) in [7, 11) is 0. The van der Waals surface area contributed by atoms with E-state index in [1.165, 1.54) is 6.42 Å². The average Bonchev–Trinajstić information content (AvgIpc) is 2.41. The molecule has 0 aromatic heterocycles. The van der Waals surface area contributed by atoms with E-state index in [9.17, 15) is 0 Å². The van der Waals surface area contributed by atoms with Gasteiger partial charge in [-0.1, -0.05) is 22.4 Å². The van der Waals surface area contributed by atoms with Crippen LogP contribution in [0.4, 0.5) is 5.69 Å². The lowest BCUT2D eigenvalue weighted by molar-refractivity contribution is 0.305. The van der Waals surface area contributed by atoms with Gasteiger partial charge in [0.1, 0.15) is 5.66 Å². The number of hydrogen-bond acceptors (Lipinski definition) is 5. The molecule has 3 rings (SSSR count). The van der Waals surface area contributed by atoms with E-state index in [-0.39, 0.29) is 11.6 Å². The van der Waals surface area contributed by atoms with Crippen molar-refractivity contribution in [2.24, 2.45) is 21.5 Å². The van der Waals surface area contributed by atoms with Crippen LogP contribution in [0, 0.1) is 0 Å². The van der Waals surface area contributed by atoms with E-state index in [2.05, 4.69) is 25.9 Å². The molecule has 0 saturated heterocycles. The predicted molar refractivity (Wildman–Crippen MR) is 85.7 cm³/mol. The van der Waals surface area contributed by atoms with Crippen molar-refractivity contribution in [2.45, 2.75) is 37.8 Å². The molecule has 6 heteroatoms. The van der Waals surface area contributed by atoms with Crippen LogP contribution >= 0.6 is 15.9 Å². The number of nitrogens with two attached hydrogens (primary N) is 2. The Labute approximate surface area is 126 Å². The number of nitrogens with zero attached hydrogens (tertiary/aromatic N) is 3. The smallest absolute Gasteiger partial charge is 0.220 e. The van der Waals surface area contributed by atoms with Gasteiger partial charge in [-0.05, 0) is 49.9 Å². The van der Waals surface area contributed by atoms with Crippen LogP contribution in [0.1, 0.15) is 32.1 Å². The van der Waals surface area contributed by atoms with Gasteiger partial charge in [0, 0.05) is 10.2 Å². The number of benzene rings is 1. The minimum absolute atomic E-state index is 0.290. The van der Waals surface area contributed by atoms with Gasteiger partial charge >= 0.3 is 0 Å². The lowest BCUT2D eigenvalue weighted by atomic mass is 9.87. The van der Waals surface area contributed by atoms with E-state index in [1.54, 1.807) is 0 Å². The molecule has 0 radical (unpaired) electrons. The highest BCUT2D eigenvalue weighted by atomic mass is 79.9. The molecule has 1 aromatic carbocycles. The Kier molecular flexibility index (Phi) is 3.41. The van der Waals surface area contributed by atoms with Gasteiger partial charge in [0.15, 0.2) is 0 Å². The fourth-order valence-electron chi connectivity index (χ4n) is 3.08. The van der Waals surface area contributed by atoms with Crippen molar-refractivity contribution in [1.29, 1.82) is 0 Å². The lowest BCUT2D eigenvalue weighted by Gasteiger charge is -2.45. The third-order valence-electron chi connectivity index (χ3n) is 3.94. The third kappa shape index (κ3) is 2.28. The molecule has 5 nitrogen and oxygen atoms in total. The minimum Gasteiger partial charge on any atom is -0.369 e. The first-order valence-electron chi connectivity index (χ1n) is 6.86. The van der Waals surface area contributed by atoms with Gasteiger partial charge in [-0.2, -0.15) is 4.99 Å². The highest BCUT2D eigenvalue weighted by Gasteiger charge is 2.42. The summed E-state index contributed by atoms with van der Waals surface area (Å²) in [5.41, 5.74) is 12.6. The van der Waals surface area contributed by atoms with E-state index in [4.69, 9.17) is 11.5 Å². The number of guanidine groups is 2. The van der Waals surface area contributed by atoms with Crippen LogP contribution in [0.2, 0.25) is 0 Å². The number of aliphatic imine (C=N–C) groups is 2. The summed E-state index contributed by atoms with van der Waals surface area (Å²) in [6, 6.07) is 8.06. The second kappa shape index (κ2) is 5.09. The summed E-state index contributed by atoms with van der Waals surface area (Å²) in [5, 5.41) is 0. The summed E-state index contributed by atoms with van der Waals surface area (Å²) in [4.78, 5) is 10.8. The predicted octanol–water partition coefficient (Wildman–Crippen LogP) is 2.56. The van der Waals surface area contributed by atoms with Gasteiger partial charge in [0.25, 0.3) is 0 Å². The molecule has 1 aliphatic carbocycles. The molecule has 4 N–H and O–H groups in total. The monoisotopic (exact) mass is 335 g/mol. The molecule has 1 heterocycles. The summed E-state index contributed by atoms with van der Waals surface area (Å²) in [6.45, 7) is 0. The van der Waals surface area contributed by atoms with E-state index >= 15 is 0 Å². The molecule has 2 aliphatic rings. The maximum absolute atomic E-state index is 6.15. The van der Waals surface area contributed by atoms with Crippen LogP contribution in [0.5, 0.6) is 0 Å². The van der Waals surface area contributed by atoms with Crippen LogP contribution < -0.4 is 16.4 Å². The van der Waals surface area contributed by atoms with Gasteiger partial charge in [-0.25, -0.2) is 4.99 Å². The van der Waals surface area contributed by atoms with Gasteiger partial charge < -0.3 is 11.5 Å². The summed E-state index contributed by atoms with van der Waals surface area (Å²) in [5.74, 6) is 0.722.